The molecule has 0 spiro atoms. The molecule has 0 radical (unpaired) electrons. The minimum atomic E-state index is 0.0358. The van der Waals surface area contributed by atoms with Gasteiger partial charge in [-0.3, -0.25) is 4.79 Å². The van der Waals surface area contributed by atoms with Gasteiger partial charge in [-0.2, -0.15) is 0 Å². The molecule has 0 aromatic heterocycles. The average Bonchev–Trinajstić information content (AvgIpc) is 2.99. The van der Waals surface area contributed by atoms with E-state index < -0.39 is 0 Å². The number of carbonyl (C=O) groups excluding carboxylic acids is 1. The molecule has 1 heterocycles. The van der Waals surface area contributed by atoms with Crippen molar-refractivity contribution in [1.29, 1.82) is 5.41 Å². The number of nitrogens with one attached hydrogen (secondary N) is 1. The van der Waals surface area contributed by atoms with Crippen molar-refractivity contribution in [3.05, 3.63) is 57.9 Å². The Morgan fingerprint density at radius 3 is 2.84 bits per heavy atom. The highest BCUT2D eigenvalue weighted by Gasteiger charge is 2.29. The Balaban J connectivity index is 2.07. The predicted octanol–water partition coefficient (Wildman–Crippen LogP) is 4.33. The van der Waals surface area contributed by atoms with Gasteiger partial charge in [-0.1, -0.05) is 17.6 Å². The van der Waals surface area contributed by atoms with E-state index in [1.54, 1.807) is 11.0 Å². The van der Waals surface area contributed by atoms with Gasteiger partial charge in [0.1, 0.15) is 11.5 Å². The number of hydrogen-bond donors (Lipinski definition) is 2. The molecule has 166 valence electrons. The molecule has 1 amide bonds. The maximum atomic E-state index is 13.0. The van der Waals surface area contributed by atoms with Crippen LogP contribution in [0.25, 0.3) is 0 Å². The largest absolute Gasteiger partial charge is 0.493 e. The third-order valence-electron chi connectivity index (χ3n) is 5.41. The van der Waals surface area contributed by atoms with Crippen LogP contribution < -0.4 is 5.73 Å². The lowest BCUT2D eigenvalue weighted by Crippen LogP contribution is -2.32. The fourth-order valence-corrected chi connectivity index (χ4v) is 3.52. The second kappa shape index (κ2) is 11.8. The number of amides is 1. The summed E-state index contributed by atoms with van der Waals surface area (Å²) >= 11 is 0. The van der Waals surface area contributed by atoms with Crippen molar-refractivity contribution in [3.63, 3.8) is 0 Å². The Hall–Kier alpha value is -3.20. The van der Waals surface area contributed by atoms with Crippen molar-refractivity contribution in [2.75, 3.05) is 19.8 Å². The highest BCUT2D eigenvalue weighted by Crippen LogP contribution is 2.34. The third-order valence-corrected chi connectivity index (χ3v) is 5.41. The van der Waals surface area contributed by atoms with Gasteiger partial charge in [0.05, 0.1) is 18.9 Å². The van der Waals surface area contributed by atoms with E-state index in [9.17, 15) is 4.79 Å². The lowest BCUT2D eigenvalue weighted by atomic mass is 9.94. The van der Waals surface area contributed by atoms with E-state index >= 15 is 0 Å². The summed E-state index contributed by atoms with van der Waals surface area (Å²) in [6.45, 7) is 7.54. The first-order valence-electron chi connectivity index (χ1n) is 10.7. The molecule has 0 saturated carbocycles. The highest BCUT2D eigenvalue weighted by molar-refractivity contribution is 5.84. The summed E-state index contributed by atoms with van der Waals surface area (Å²) in [6, 6.07) is 0. The predicted molar refractivity (Wildman–Crippen MR) is 124 cm³/mol. The molecule has 0 unspecified atom stereocenters. The van der Waals surface area contributed by atoms with Crippen LogP contribution in [0.2, 0.25) is 0 Å². The quantitative estimate of drug-likeness (QED) is 0.200. The molecule has 1 fully saturated rings. The molecular weight excluding hydrogens is 390 g/mol. The fourth-order valence-electron chi connectivity index (χ4n) is 3.52. The lowest BCUT2D eigenvalue weighted by Gasteiger charge is -2.28. The van der Waals surface area contributed by atoms with Crippen LogP contribution in [0.1, 0.15) is 52.9 Å². The summed E-state index contributed by atoms with van der Waals surface area (Å²) < 4.78 is 11.8. The van der Waals surface area contributed by atoms with E-state index in [0.717, 1.165) is 41.7 Å². The molecule has 2 aliphatic rings. The van der Waals surface area contributed by atoms with Gasteiger partial charge in [-0.05, 0) is 52.0 Å². The number of nitrogens with zero attached hydrogens (tertiary/aromatic N) is 1. The fraction of sp³-hybridized carbons (Fsp3) is 0.440. The summed E-state index contributed by atoms with van der Waals surface area (Å²) in [5.74, 6) is 3.90. The minimum absolute atomic E-state index is 0.0358. The molecule has 0 bridgehead atoms. The molecule has 3 N–H and O–H groups in total. The first kappa shape index (κ1) is 24.1. The van der Waals surface area contributed by atoms with Gasteiger partial charge in [-0.15, -0.1) is 6.42 Å². The SMILES string of the molecule is C#C/C=C(/OCCCC(=O)N1CCCOC2=C(/C(C=N)=C/N)CCC=C21)C(C)=C(C)C. The smallest absolute Gasteiger partial charge is 0.227 e. The van der Waals surface area contributed by atoms with Crippen LogP contribution in [-0.4, -0.2) is 36.8 Å². The number of allylic oxidation sites excluding steroid dienone is 6. The second-order valence-corrected chi connectivity index (χ2v) is 7.70. The van der Waals surface area contributed by atoms with Gasteiger partial charge in [0.25, 0.3) is 0 Å². The number of hydrogen-bond acceptors (Lipinski definition) is 5. The number of carbonyl (C=O) groups is 1. The zero-order valence-corrected chi connectivity index (χ0v) is 18.8. The minimum Gasteiger partial charge on any atom is -0.493 e. The Morgan fingerprint density at radius 2 is 2.19 bits per heavy atom. The average molecular weight is 424 g/mol. The molecule has 0 aromatic rings. The van der Waals surface area contributed by atoms with Crippen molar-refractivity contribution in [2.24, 2.45) is 5.73 Å². The van der Waals surface area contributed by atoms with Gasteiger partial charge >= 0.3 is 0 Å². The van der Waals surface area contributed by atoms with Crippen molar-refractivity contribution < 1.29 is 14.3 Å². The summed E-state index contributed by atoms with van der Waals surface area (Å²) in [4.78, 5) is 14.8. The standard InChI is InChI=1S/C25H33N3O3/c1-5-9-23(19(4)18(2)3)30-14-7-12-24(29)28-13-8-15-31-25-21(20(16-26)17-27)10-6-11-22(25)28/h1,9,11,16-17,26H,6-8,10,12-15,27H2,2-4H3/b20-17+,23-9+,26-16?. The monoisotopic (exact) mass is 423 g/mol. The number of fused-ring (bicyclic) bond motifs is 1. The van der Waals surface area contributed by atoms with Crippen LogP contribution >= 0.6 is 0 Å². The first-order chi connectivity index (χ1) is 14.9. The Bertz CT molecular complexity index is 893. The van der Waals surface area contributed by atoms with Crippen molar-refractivity contribution in [2.45, 2.75) is 52.9 Å². The molecule has 2 rings (SSSR count). The van der Waals surface area contributed by atoms with Crippen LogP contribution in [-0.2, 0) is 14.3 Å². The maximum absolute atomic E-state index is 13.0. The van der Waals surface area contributed by atoms with Crippen LogP contribution in [0.15, 0.2) is 57.9 Å². The Kier molecular flexibility index (Phi) is 9.20. The second-order valence-electron chi connectivity index (χ2n) is 7.70. The summed E-state index contributed by atoms with van der Waals surface area (Å²) in [7, 11) is 0. The van der Waals surface area contributed by atoms with E-state index in [4.69, 9.17) is 27.0 Å². The molecule has 1 aliphatic carbocycles. The highest BCUT2D eigenvalue weighted by atomic mass is 16.5. The Morgan fingerprint density at radius 1 is 1.42 bits per heavy atom. The van der Waals surface area contributed by atoms with Crippen LogP contribution in [0, 0.1) is 17.8 Å². The normalized spacial score (nSPS) is 17.0. The van der Waals surface area contributed by atoms with Crippen molar-refractivity contribution in [3.8, 4) is 12.3 Å². The van der Waals surface area contributed by atoms with E-state index in [2.05, 4.69) is 5.92 Å². The van der Waals surface area contributed by atoms with Crippen LogP contribution in [0.4, 0.5) is 0 Å². The molecular formula is C25H33N3O3. The molecule has 1 saturated heterocycles. The molecule has 31 heavy (non-hydrogen) atoms. The molecule has 6 heteroatoms. The molecule has 1 aliphatic heterocycles. The summed E-state index contributed by atoms with van der Waals surface area (Å²) in [5.41, 5.74) is 10.2. The summed E-state index contributed by atoms with van der Waals surface area (Å²) in [5, 5.41) is 7.63. The van der Waals surface area contributed by atoms with Crippen molar-refractivity contribution in [1.82, 2.24) is 4.90 Å². The first-order valence-corrected chi connectivity index (χ1v) is 10.7. The van der Waals surface area contributed by atoms with Crippen LogP contribution in [0.5, 0.6) is 0 Å². The Labute approximate surface area is 185 Å². The molecule has 0 aromatic carbocycles. The maximum Gasteiger partial charge on any atom is 0.227 e. The van der Waals surface area contributed by atoms with E-state index in [1.165, 1.54) is 12.4 Å². The number of nitrogens with two attached hydrogens (primary N) is 1. The summed E-state index contributed by atoms with van der Waals surface area (Å²) in [6.07, 6.45) is 14.9. The van der Waals surface area contributed by atoms with Crippen LogP contribution in [0.3, 0.4) is 0 Å². The van der Waals surface area contributed by atoms with Crippen molar-refractivity contribution >= 4 is 12.1 Å². The molecule has 6 nitrogen and oxygen atoms in total. The van der Waals surface area contributed by atoms with E-state index in [1.807, 2.05) is 26.8 Å². The zero-order valence-electron chi connectivity index (χ0n) is 18.8. The van der Waals surface area contributed by atoms with Gasteiger partial charge in [0.15, 0.2) is 0 Å². The topological polar surface area (TPSA) is 88.6 Å². The third kappa shape index (κ3) is 6.14. The number of rotatable bonds is 8. The van der Waals surface area contributed by atoms with E-state index in [-0.39, 0.29) is 5.91 Å². The molecule has 0 atom stereocenters. The van der Waals surface area contributed by atoms with Gasteiger partial charge in [0.2, 0.25) is 5.91 Å². The number of terminal acetylenes is 1. The van der Waals surface area contributed by atoms with Gasteiger partial charge < -0.3 is 25.5 Å². The zero-order chi connectivity index (χ0) is 22.8. The van der Waals surface area contributed by atoms with E-state index in [0.29, 0.717) is 49.7 Å². The number of ether oxygens (including phenoxy) is 2. The van der Waals surface area contributed by atoms with Gasteiger partial charge in [-0.25, -0.2) is 0 Å². The lowest BCUT2D eigenvalue weighted by molar-refractivity contribution is -0.129. The van der Waals surface area contributed by atoms with Gasteiger partial charge in [0, 0.05) is 42.6 Å².